The van der Waals surface area contributed by atoms with Crippen LogP contribution >= 0.6 is 0 Å². The summed E-state index contributed by atoms with van der Waals surface area (Å²) in [5, 5.41) is 7.83. The minimum Gasteiger partial charge on any atom is -0.460 e. The van der Waals surface area contributed by atoms with Crippen LogP contribution in [0.15, 0.2) is 0 Å². The predicted octanol–water partition coefficient (Wildman–Crippen LogP) is 1.95. The second kappa shape index (κ2) is 5.29. The molecular weight excluding hydrogens is 218 g/mol. The zero-order chi connectivity index (χ0) is 12.3. The van der Waals surface area contributed by atoms with Crippen LogP contribution in [0.5, 0.6) is 0 Å². The first-order valence-electron chi connectivity index (χ1n) is 6.29. The highest BCUT2D eigenvalue weighted by Crippen LogP contribution is 2.33. The van der Waals surface area contributed by atoms with E-state index in [2.05, 4.69) is 10.2 Å². The molecule has 1 aliphatic rings. The van der Waals surface area contributed by atoms with Gasteiger partial charge >= 0.3 is 5.97 Å². The molecule has 0 aliphatic heterocycles. The third-order valence-electron chi connectivity index (χ3n) is 3.08. The monoisotopic (exact) mass is 237 g/mol. The molecule has 0 N–H and O–H groups in total. The smallest absolute Gasteiger partial charge is 0.376 e. The molecule has 0 radical (unpaired) electrons. The highest BCUT2D eigenvalue weighted by molar-refractivity contribution is 5.85. The Kier molecular flexibility index (Phi) is 3.76. The van der Waals surface area contributed by atoms with Crippen LogP contribution in [0.1, 0.15) is 49.1 Å². The maximum atomic E-state index is 11.6. The van der Waals surface area contributed by atoms with Crippen molar-refractivity contribution in [1.82, 2.24) is 14.8 Å². The number of carbonyl (C=O) groups is 1. The predicted molar refractivity (Wildman–Crippen MR) is 62.7 cm³/mol. The van der Waals surface area contributed by atoms with Crippen LogP contribution in [-0.2, 0) is 11.3 Å². The zero-order valence-electron chi connectivity index (χ0n) is 10.5. The SMILES string of the molecule is CCOC(=O)c1nnc(C)n1CCCC1CC1. The van der Waals surface area contributed by atoms with Gasteiger partial charge in [-0.2, -0.15) is 0 Å². The van der Waals surface area contributed by atoms with Crippen molar-refractivity contribution in [1.29, 1.82) is 0 Å². The van der Waals surface area contributed by atoms with E-state index in [1.165, 1.54) is 19.3 Å². The molecule has 0 unspecified atom stereocenters. The van der Waals surface area contributed by atoms with Crippen molar-refractivity contribution in [2.75, 3.05) is 6.61 Å². The highest BCUT2D eigenvalue weighted by Gasteiger charge is 2.22. The maximum Gasteiger partial charge on any atom is 0.376 e. The molecule has 2 rings (SSSR count). The van der Waals surface area contributed by atoms with Gasteiger partial charge in [-0.05, 0) is 32.6 Å². The molecule has 0 spiro atoms. The molecule has 0 amide bonds. The zero-order valence-corrected chi connectivity index (χ0v) is 10.5. The highest BCUT2D eigenvalue weighted by atomic mass is 16.5. The van der Waals surface area contributed by atoms with Crippen LogP contribution in [-0.4, -0.2) is 27.3 Å². The third kappa shape index (κ3) is 3.05. The van der Waals surface area contributed by atoms with Crippen molar-refractivity contribution in [3.8, 4) is 0 Å². The fourth-order valence-electron chi connectivity index (χ4n) is 1.94. The number of carbonyl (C=O) groups excluding carboxylic acids is 1. The molecule has 0 atom stereocenters. The van der Waals surface area contributed by atoms with Gasteiger partial charge in [0.25, 0.3) is 0 Å². The fraction of sp³-hybridized carbons (Fsp3) is 0.750. The number of aryl methyl sites for hydroxylation is 1. The summed E-state index contributed by atoms with van der Waals surface area (Å²) in [7, 11) is 0. The van der Waals surface area contributed by atoms with Gasteiger partial charge in [0.1, 0.15) is 5.82 Å². The van der Waals surface area contributed by atoms with Crippen LogP contribution in [0.25, 0.3) is 0 Å². The van der Waals surface area contributed by atoms with Crippen molar-refractivity contribution in [3.05, 3.63) is 11.6 Å². The molecule has 1 fully saturated rings. The van der Waals surface area contributed by atoms with Crippen LogP contribution in [0.3, 0.4) is 0 Å². The van der Waals surface area contributed by atoms with Gasteiger partial charge in [-0.1, -0.05) is 12.8 Å². The summed E-state index contributed by atoms with van der Waals surface area (Å²) >= 11 is 0. The quantitative estimate of drug-likeness (QED) is 0.710. The third-order valence-corrected chi connectivity index (χ3v) is 3.08. The van der Waals surface area contributed by atoms with Gasteiger partial charge in [-0.25, -0.2) is 4.79 Å². The molecule has 17 heavy (non-hydrogen) atoms. The molecular formula is C12H19N3O2. The summed E-state index contributed by atoms with van der Waals surface area (Å²) in [5.74, 6) is 1.65. The molecule has 0 bridgehead atoms. The van der Waals surface area contributed by atoms with Crippen LogP contribution in [0.2, 0.25) is 0 Å². The summed E-state index contributed by atoms with van der Waals surface area (Å²) in [6.07, 6.45) is 5.05. The largest absolute Gasteiger partial charge is 0.460 e. The lowest BCUT2D eigenvalue weighted by molar-refractivity contribution is 0.0505. The summed E-state index contributed by atoms with van der Waals surface area (Å²) < 4.78 is 6.82. The normalized spacial score (nSPS) is 14.9. The van der Waals surface area contributed by atoms with Gasteiger partial charge in [0.05, 0.1) is 6.61 Å². The first-order valence-corrected chi connectivity index (χ1v) is 6.29. The molecule has 1 heterocycles. The molecule has 1 aromatic rings. The van der Waals surface area contributed by atoms with Gasteiger partial charge in [0.2, 0.25) is 5.82 Å². The Morgan fingerprint density at radius 3 is 2.88 bits per heavy atom. The number of esters is 1. The molecule has 94 valence electrons. The number of aromatic nitrogens is 3. The summed E-state index contributed by atoms with van der Waals surface area (Å²) in [6, 6.07) is 0. The summed E-state index contributed by atoms with van der Waals surface area (Å²) in [6.45, 7) is 4.84. The van der Waals surface area contributed by atoms with E-state index in [-0.39, 0.29) is 5.97 Å². The fourth-order valence-corrected chi connectivity index (χ4v) is 1.94. The van der Waals surface area contributed by atoms with Crippen molar-refractivity contribution in [2.45, 2.75) is 46.1 Å². The van der Waals surface area contributed by atoms with Gasteiger partial charge < -0.3 is 9.30 Å². The molecule has 1 aromatic heterocycles. The minimum absolute atomic E-state index is 0.333. The molecule has 1 aliphatic carbocycles. The Morgan fingerprint density at radius 2 is 2.24 bits per heavy atom. The lowest BCUT2D eigenvalue weighted by Gasteiger charge is -2.07. The molecule has 5 nitrogen and oxygen atoms in total. The molecule has 5 heteroatoms. The Balaban J connectivity index is 1.97. The van der Waals surface area contributed by atoms with E-state index in [9.17, 15) is 4.79 Å². The number of ether oxygens (including phenoxy) is 1. The van der Waals surface area contributed by atoms with E-state index in [0.717, 1.165) is 24.7 Å². The first-order chi connectivity index (χ1) is 8.22. The van der Waals surface area contributed by atoms with E-state index >= 15 is 0 Å². The standard InChI is InChI=1S/C12H19N3O2/c1-3-17-12(16)11-14-13-9(2)15(11)8-4-5-10-6-7-10/h10H,3-8H2,1-2H3. The molecule has 1 saturated carbocycles. The van der Waals surface area contributed by atoms with Crippen LogP contribution in [0.4, 0.5) is 0 Å². The number of rotatable bonds is 6. The van der Waals surface area contributed by atoms with Crippen LogP contribution in [0, 0.1) is 12.8 Å². The second-order valence-corrected chi connectivity index (χ2v) is 4.53. The lowest BCUT2D eigenvalue weighted by atomic mass is 10.2. The Bertz CT molecular complexity index is 396. The Labute approximate surface area is 101 Å². The minimum atomic E-state index is -0.375. The lowest BCUT2D eigenvalue weighted by Crippen LogP contribution is -2.14. The van der Waals surface area contributed by atoms with E-state index in [1.54, 1.807) is 6.92 Å². The first kappa shape index (κ1) is 12.1. The second-order valence-electron chi connectivity index (χ2n) is 4.53. The number of nitrogens with zero attached hydrogens (tertiary/aromatic N) is 3. The van der Waals surface area contributed by atoms with Gasteiger partial charge in [-0.15, -0.1) is 10.2 Å². The Morgan fingerprint density at radius 1 is 1.47 bits per heavy atom. The van der Waals surface area contributed by atoms with Gasteiger partial charge in [-0.3, -0.25) is 0 Å². The average molecular weight is 237 g/mol. The van der Waals surface area contributed by atoms with Crippen molar-refractivity contribution in [3.63, 3.8) is 0 Å². The average Bonchev–Trinajstić information content (AvgIpc) is 3.04. The van der Waals surface area contributed by atoms with E-state index < -0.39 is 0 Å². The summed E-state index contributed by atoms with van der Waals surface area (Å²) in [5.41, 5.74) is 0. The molecule has 0 aromatic carbocycles. The van der Waals surface area contributed by atoms with Gasteiger partial charge in [0.15, 0.2) is 0 Å². The molecule has 0 saturated heterocycles. The number of hydrogen-bond acceptors (Lipinski definition) is 4. The van der Waals surface area contributed by atoms with E-state index in [4.69, 9.17) is 4.74 Å². The number of hydrogen-bond donors (Lipinski definition) is 0. The van der Waals surface area contributed by atoms with E-state index in [1.807, 2.05) is 11.5 Å². The maximum absolute atomic E-state index is 11.6. The van der Waals surface area contributed by atoms with Crippen molar-refractivity contribution < 1.29 is 9.53 Å². The van der Waals surface area contributed by atoms with Gasteiger partial charge in [0, 0.05) is 6.54 Å². The van der Waals surface area contributed by atoms with Crippen molar-refractivity contribution >= 4 is 5.97 Å². The van der Waals surface area contributed by atoms with Crippen molar-refractivity contribution in [2.24, 2.45) is 5.92 Å². The summed E-state index contributed by atoms with van der Waals surface area (Å²) in [4.78, 5) is 11.6. The topological polar surface area (TPSA) is 57.0 Å². The van der Waals surface area contributed by atoms with E-state index in [0.29, 0.717) is 12.4 Å². The van der Waals surface area contributed by atoms with Crippen LogP contribution < -0.4 is 0 Å². The Hall–Kier alpha value is -1.39.